The Morgan fingerprint density at radius 1 is 1.25 bits per heavy atom. The Balaban J connectivity index is 4.42. The fourth-order valence-corrected chi connectivity index (χ4v) is 1.44. The molecule has 0 spiro atoms. The first-order valence-corrected chi connectivity index (χ1v) is 5.75. The van der Waals surface area contributed by atoms with Crippen molar-refractivity contribution in [2.45, 2.75) is 46.0 Å². The Labute approximate surface area is 97.1 Å². The summed E-state index contributed by atoms with van der Waals surface area (Å²) in [6.07, 6.45) is 5.92. The van der Waals surface area contributed by atoms with E-state index < -0.39 is 0 Å². The van der Waals surface area contributed by atoms with E-state index in [0.29, 0.717) is 6.42 Å². The number of rotatable bonds is 8. The average Bonchev–Trinajstić information content (AvgIpc) is 2.21. The molecule has 0 aromatic carbocycles. The van der Waals surface area contributed by atoms with Gasteiger partial charge < -0.3 is 11.5 Å². The van der Waals surface area contributed by atoms with Gasteiger partial charge in [-0.05, 0) is 19.8 Å². The summed E-state index contributed by atoms with van der Waals surface area (Å²) >= 11 is 0. The number of amides is 2. The molecule has 4 heteroatoms. The van der Waals surface area contributed by atoms with Crippen LogP contribution in [0, 0.1) is 5.92 Å². The van der Waals surface area contributed by atoms with Gasteiger partial charge in [0.05, 0.1) is 5.92 Å². The van der Waals surface area contributed by atoms with E-state index in [2.05, 4.69) is 6.92 Å². The molecule has 0 bridgehead atoms. The van der Waals surface area contributed by atoms with E-state index in [1.807, 2.05) is 6.08 Å². The summed E-state index contributed by atoms with van der Waals surface area (Å²) in [6.45, 7) is 3.87. The van der Waals surface area contributed by atoms with Crippen LogP contribution in [0.25, 0.3) is 0 Å². The SMILES string of the molecule is CCCCC=C(CCC(N)=O)C(C)C(N)=O. The molecule has 2 amide bonds. The van der Waals surface area contributed by atoms with Crippen molar-refractivity contribution in [3.8, 4) is 0 Å². The van der Waals surface area contributed by atoms with Crippen LogP contribution < -0.4 is 11.5 Å². The molecule has 0 aliphatic carbocycles. The molecule has 0 saturated carbocycles. The summed E-state index contributed by atoms with van der Waals surface area (Å²) < 4.78 is 0. The van der Waals surface area contributed by atoms with Crippen LogP contribution in [0.1, 0.15) is 46.0 Å². The topological polar surface area (TPSA) is 86.2 Å². The van der Waals surface area contributed by atoms with E-state index in [9.17, 15) is 9.59 Å². The maximum Gasteiger partial charge on any atom is 0.224 e. The molecule has 1 atom stereocenters. The van der Waals surface area contributed by atoms with Crippen LogP contribution in [0.4, 0.5) is 0 Å². The monoisotopic (exact) mass is 226 g/mol. The number of nitrogens with two attached hydrogens (primary N) is 2. The minimum atomic E-state index is -0.354. The molecule has 4 nitrogen and oxygen atoms in total. The number of unbranched alkanes of at least 4 members (excludes halogenated alkanes) is 2. The first-order valence-electron chi connectivity index (χ1n) is 5.75. The Bertz CT molecular complexity index is 272. The Morgan fingerprint density at radius 2 is 1.88 bits per heavy atom. The van der Waals surface area contributed by atoms with Crippen molar-refractivity contribution in [2.24, 2.45) is 17.4 Å². The molecule has 0 aliphatic rings. The van der Waals surface area contributed by atoms with E-state index in [-0.39, 0.29) is 24.2 Å². The third-order valence-corrected chi connectivity index (χ3v) is 2.61. The third kappa shape index (κ3) is 6.22. The van der Waals surface area contributed by atoms with E-state index in [1.165, 1.54) is 0 Å². The highest BCUT2D eigenvalue weighted by molar-refractivity contribution is 5.80. The molecule has 1 unspecified atom stereocenters. The number of carbonyl (C=O) groups is 2. The Hall–Kier alpha value is -1.32. The minimum absolute atomic E-state index is 0.273. The quantitative estimate of drug-likeness (QED) is 0.485. The summed E-state index contributed by atoms with van der Waals surface area (Å²) in [5.41, 5.74) is 11.3. The van der Waals surface area contributed by atoms with Crippen LogP contribution >= 0.6 is 0 Å². The maximum atomic E-state index is 11.1. The second kappa shape index (κ2) is 7.91. The van der Waals surface area contributed by atoms with Crippen LogP contribution in [0.15, 0.2) is 11.6 Å². The number of hydrogen-bond acceptors (Lipinski definition) is 2. The van der Waals surface area contributed by atoms with E-state index in [1.54, 1.807) is 6.92 Å². The van der Waals surface area contributed by atoms with Gasteiger partial charge in [-0.3, -0.25) is 9.59 Å². The van der Waals surface area contributed by atoms with Gasteiger partial charge >= 0.3 is 0 Å². The zero-order chi connectivity index (χ0) is 12.6. The summed E-state index contributed by atoms with van der Waals surface area (Å²) in [5, 5.41) is 0. The van der Waals surface area contributed by atoms with Gasteiger partial charge in [0.25, 0.3) is 0 Å². The van der Waals surface area contributed by atoms with Gasteiger partial charge in [0, 0.05) is 6.42 Å². The van der Waals surface area contributed by atoms with Crippen molar-refractivity contribution < 1.29 is 9.59 Å². The predicted molar refractivity (Wildman–Crippen MR) is 64.4 cm³/mol. The van der Waals surface area contributed by atoms with Gasteiger partial charge in [0.15, 0.2) is 0 Å². The lowest BCUT2D eigenvalue weighted by Crippen LogP contribution is -2.23. The Kier molecular flexibility index (Phi) is 7.25. The van der Waals surface area contributed by atoms with Crippen LogP contribution in [-0.2, 0) is 9.59 Å². The standard InChI is InChI=1S/C12H22N2O2/c1-3-4-5-6-10(7-8-11(13)15)9(2)12(14)16/h6,9H,3-5,7-8H2,1-2H3,(H2,13,15)(H2,14,16). The van der Waals surface area contributed by atoms with Gasteiger partial charge in [0.1, 0.15) is 0 Å². The largest absolute Gasteiger partial charge is 0.370 e. The molecule has 16 heavy (non-hydrogen) atoms. The van der Waals surface area contributed by atoms with Crippen molar-refractivity contribution in [1.82, 2.24) is 0 Å². The van der Waals surface area contributed by atoms with Crippen LogP contribution in [0.3, 0.4) is 0 Å². The predicted octanol–water partition coefficient (Wildman–Crippen LogP) is 1.49. The summed E-state index contributed by atoms with van der Waals surface area (Å²) in [4.78, 5) is 21.8. The second-order valence-electron chi connectivity index (χ2n) is 4.01. The third-order valence-electron chi connectivity index (χ3n) is 2.61. The molecular formula is C12H22N2O2. The first-order chi connectivity index (χ1) is 7.49. The van der Waals surface area contributed by atoms with Crippen LogP contribution in [0.2, 0.25) is 0 Å². The molecule has 0 radical (unpaired) electrons. The smallest absolute Gasteiger partial charge is 0.224 e. The van der Waals surface area contributed by atoms with E-state index in [4.69, 9.17) is 11.5 Å². The summed E-state index contributed by atoms with van der Waals surface area (Å²) in [5.74, 6) is -1.01. The molecule has 0 rings (SSSR count). The minimum Gasteiger partial charge on any atom is -0.370 e. The summed E-state index contributed by atoms with van der Waals surface area (Å²) in [7, 11) is 0. The maximum absolute atomic E-state index is 11.1. The van der Waals surface area contributed by atoms with E-state index >= 15 is 0 Å². The number of carbonyl (C=O) groups excluding carboxylic acids is 2. The molecule has 92 valence electrons. The van der Waals surface area contributed by atoms with Crippen LogP contribution in [0.5, 0.6) is 0 Å². The lowest BCUT2D eigenvalue weighted by molar-refractivity contribution is -0.121. The lowest BCUT2D eigenvalue weighted by atomic mass is 9.94. The molecule has 0 aromatic rings. The molecule has 0 aliphatic heterocycles. The van der Waals surface area contributed by atoms with Gasteiger partial charge in [-0.1, -0.05) is 31.4 Å². The highest BCUT2D eigenvalue weighted by atomic mass is 16.1. The first kappa shape index (κ1) is 14.7. The van der Waals surface area contributed by atoms with Gasteiger partial charge in [-0.2, -0.15) is 0 Å². The fourth-order valence-electron chi connectivity index (χ4n) is 1.44. The highest BCUT2D eigenvalue weighted by Gasteiger charge is 2.14. The van der Waals surface area contributed by atoms with Crippen molar-refractivity contribution in [3.05, 3.63) is 11.6 Å². The van der Waals surface area contributed by atoms with Crippen molar-refractivity contribution in [3.63, 3.8) is 0 Å². The molecule has 0 saturated heterocycles. The Morgan fingerprint density at radius 3 is 2.31 bits per heavy atom. The highest BCUT2D eigenvalue weighted by Crippen LogP contribution is 2.17. The van der Waals surface area contributed by atoms with Crippen molar-refractivity contribution in [1.29, 1.82) is 0 Å². The van der Waals surface area contributed by atoms with Crippen molar-refractivity contribution in [2.75, 3.05) is 0 Å². The van der Waals surface area contributed by atoms with Crippen LogP contribution in [-0.4, -0.2) is 11.8 Å². The number of hydrogen-bond donors (Lipinski definition) is 2. The zero-order valence-corrected chi connectivity index (χ0v) is 10.2. The molecule has 4 N–H and O–H groups in total. The zero-order valence-electron chi connectivity index (χ0n) is 10.2. The van der Waals surface area contributed by atoms with Gasteiger partial charge in [-0.15, -0.1) is 0 Å². The second-order valence-corrected chi connectivity index (χ2v) is 4.01. The fraction of sp³-hybridized carbons (Fsp3) is 0.667. The number of primary amides is 2. The lowest BCUT2D eigenvalue weighted by Gasteiger charge is -2.12. The van der Waals surface area contributed by atoms with Gasteiger partial charge in [0.2, 0.25) is 11.8 Å². The average molecular weight is 226 g/mol. The molecule has 0 heterocycles. The molecule has 0 fully saturated rings. The number of allylic oxidation sites excluding steroid dienone is 1. The van der Waals surface area contributed by atoms with E-state index in [0.717, 1.165) is 24.8 Å². The summed E-state index contributed by atoms with van der Waals surface area (Å²) in [6, 6.07) is 0. The van der Waals surface area contributed by atoms with Crippen molar-refractivity contribution >= 4 is 11.8 Å². The van der Waals surface area contributed by atoms with Gasteiger partial charge in [-0.25, -0.2) is 0 Å². The molecular weight excluding hydrogens is 204 g/mol. The molecule has 0 aromatic heterocycles. The normalized spacial score (nSPS) is 13.5.